The van der Waals surface area contributed by atoms with E-state index in [1.54, 1.807) is 6.20 Å². The zero-order valence-corrected chi connectivity index (χ0v) is 9.40. The minimum Gasteiger partial charge on any atom is -0.376 e. The van der Waals surface area contributed by atoms with Gasteiger partial charge in [-0.1, -0.05) is 11.6 Å². The summed E-state index contributed by atoms with van der Waals surface area (Å²) in [6.07, 6.45) is 3.00. The molecule has 1 N–H and O–H groups in total. The van der Waals surface area contributed by atoms with Crippen LogP contribution in [0.15, 0.2) is 6.20 Å². The van der Waals surface area contributed by atoms with Crippen molar-refractivity contribution in [2.45, 2.75) is 13.0 Å². The Morgan fingerprint density at radius 3 is 3.29 bits per heavy atom. The second-order valence-electron chi connectivity index (χ2n) is 3.45. The number of nitrogens with zero attached hydrogens (tertiary/aromatic N) is 1. The first-order valence-corrected chi connectivity index (χ1v) is 5.92. The molecule has 0 bridgehead atoms. The molecule has 1 unspecified atom stereocenters. The highest BCUT2D eigenvalue weighted by Gasteiger charge is 2.14. The van der Waals surface area contributed by atoms with E-state index >= 15 is 0 Å². The van der Waals surface area contributed by atoms with Crippen LogP contribution in [0.1, 0.15) is 11.3 Å². The summed E-state index contributed by atoms with van der Waals surface area (Å²) in [7, 11) is 0. The molecule has 78 valence electrons. The Morgan fingerprint density at radius 1 is 1.71 bits per heavy atom. The van der Waals surface area contributed by atoms with E-state index in [1.165, 1.54) is 17.8 Å². The molecule has 0 aromatic carbocycles. The number of hydrogen-bond donors (Lipinski definition) is 1. The topological polar surface area (TPSA) is 34.1 Å². The van der Waals surface area contributed by atoms with Gasteiger partial charge in [-0.15, -0.1) is 11.3 Å². The number of rotatable bonds is 4. The van der Waals surface area contributed by atoms with Gasteiger partial charge in [-0.25, -0.2) is 4.98 Å². The lowest BCUT2D eigenvalue weighted by molar-refractivity contribution is 0.0942. The number of aromatic nitrogens is 1. The molecule has 3 nitrogen and oxygen atoms in total. The smallest absolute Gasteiger partial charge is 0.183 e. The summed E-state index contributed by atoms with van der Waals surface area (Å²) in [5, 5.41) is 3.31. The second-order valence-corrected chi connectivity index (χ2v) is 5.15. The van der Waals surface area contributed by atoms with Crippen LogP contribution in [-0.4, -0.2) is 24.7 Å². The molecule has 1 fully saturated rings. The first-order chi connectivity index (χ1) is 6.84. The summed E-state index contributed by atoms with van der Waals surface area (Å²) in [6.45, 7) is 3.69. The fourth-order valence-electron chi connectivity index (χ4n) is 1.53. The molecule has 0 radical (unpaired) electrons. The Balaban J connectivity index is 1.67. The molecule has 1 aliphatic rings. The molecule has 0 amide bonds. The normalized spacial score (nSPS) is 21.6. The lowest BCUT2D eigenvalue weighted by atomic mass is 10.1. The van der Waals surface area contributed by atoms with Crippen LogP contribution in [0.3, 0.4) is 0 Å². The van der Waals surface area contributed by atoms with E-state index in [2.05, 4.69) is 10.3 Å². The Kier molecular flexibility index (Phi) is 3.75. The molecule has 1 aromatic rings. The average molecular weight is 233 g/mol. The fourth-order valence-corrected chi connectivity index (χ4v) is 2.45. The summed E-state index contributed by atoms with van der Waals surface area (Å²) in [5.41, 5.74) is 0. The Labute approximate surface area is 92.4 Å². The van der Waals surface area contributed by atoms with E-state index in [1.807, 2.05) is 0 Å². The van der Waals surface area contributed by atoms with Crippen LogP contribution in [0.4, 0.5) is 0 Å². The number of nitrogens with one attached hydrogen (secondary N) is 1. The lowest BCUT2D eigenvalue weighted by Crippen LogP contribution is -2.13. The van der Waals surface area contributed by atoms with Gasteiger partial charge in [0, 0.05) is 12.7 Å². The van der Waals surface area contributed by atoms with Crippen LogP contribution in [-0.2, 0) is 11.3 Å². The summed E-state index contributed by atoms with van der Waals surface area (Å²) >= 11 is 7.19. The van der Waals surface area contributed by atoms with E-state index in [0.29, 0.717) is 17.0 Å². The van der Waals surface area contributed by atoms with Crippen LogP contribution in [0, 0.1) is 5.92 Å². The molecule has 0 spiro atoms. The standard InChI is InChI=1S/C9H13ClN2OS/c10-9-12-4-8(14-9)6-13-5-7-1-2-11-3-7/h4,7,11H,1-3,5-6H2. The molecule has 1 saturated heterocycles. The van der Waals surface area contributed by atoms with Crippen molar-refractivity contribution in [1.82, 2.24) is 10.3 Å². The molecule has 5 heteroatoms. The number of halogens is 1. The highest BCUT2D eigenvalue weighted by atomic mass is 35.5. The maximum absolute atomic E-state index is 5.71. The van der Waals surface area contributed by atoms with Crippen molar-refractivity contribution in [3.63, 3.8) is 0 Å². The molecule has 1 aromatic heterocycles. The third-order valence-corrected chi connectivity index (χ3v) is 3.37. The third-order valence-electron chi connectivity index (χ3n) is 2.29. The molecule has 2 rings (SSSR count). The monoisotopic (exact) mass is 232 g/mol. The van der Waals surface area contributed by atoms with Crippen molar-refractivity contribution in [2.75, 3.05) is 19.7 Å². The molecule has 1 aliphatic heterocycles. The van der Waals surface area contributed by atoms with Crippen LogP contribution in [0.25, 0.3) is 0 Å². The first kappa shape index (κ1) is 10.4. The maximum atomic E-state index is 5.71. The highest BCUT2D eigenvalue weighted by Crippen LogP contribution is 2.19. The fraction of sp³-hybridized carbons (Fsp3) is 0.667. The number of ether oxygens (including phenoxy) is 1. The highest BCUT2D eigenvalue weighted by molar-refractivity contribution is 7.15. The van der Waals surface area contributed by atoms with Gasteiger partial charge < -0.3 is 10.1 Å². The van der Waals surface area contributed by atoms with Gasteiger partial charge >= 0.3 is 0 Å². The van der Waals surface area contributed by atoms with Crippen molar-refractivity contribution in [3.8, 4) is 0 Å². The summed E-state index contributed by atoms with van der Waals surface area (Å²) in [4.78, 5) is 5.06. The van der Waals surface area contributed by atoms with E-state index in [0.717, 1.165) is 24.6 Å². The van der Waals surface area contributed by atoms with Gasteiger partial charge in [0.15, 0.2) is 4.47 Å². The molecular formula is C9H13ClN2OS. The summed E-state index contributed by atoms with van der Waals surface area (Å²) in [6, 6.07) is 0. The Bertz CT molecular complexity index is 286. The maximum Gasteiger partial charge on any atom is 0.183 e. The zero-order valence-electron chi connectivity index (χ0n) is 7.83. The molecule has 0 saturated carbocycles. The minimum absolute atomic E-state index is 0.589. The van der Waals surface area contributed by atoms with E-state index in [9.17, 15) is 0 Å². The lowest BCUT2D eigenvalue weighted by Gasteiger charge is -2.07. The molecular weight excluding hydrogens is 220 g/mol. The molecule has 0 aliphatic carbocycles. The van der Waals surface area contributed by atoms with Crippen molar-refractivity contribution < 1.29 is 4.74 Å². The van der Waals surface area contributed by atoms with Gasteiger partial charge in [0.05, 0.1) is 18.1 Å². The van der Waals surface area contributed by atoms with Gasteiger partial charge in [0.1, 0.15) is 0 Å². The van der Waals surface area contributed by atoms with Gasteiger partial charge in [0.2, 0.25) is 0 Å². The predicted octanol–water partition coefficient (Wildman–Crippen LogP) is 1.92. The van der Waals surface area contributed by atoms with Crippen molar-refractivity contribution in [1.29, 1.82) is 0 Å². The number of hydrogen-bond acceptors (Lipinski definition) is 4. The van der Waals surface area contributed by atoms with Crippen LogP contribution in [0.5, 0.6) is 0 Å². The summed E-state index contributed by atoms with van der Waals surface area (Å²) < 4.78 is 6.18. The van der Waals surface area contributed by atoms with Crippen LogP contribution < -0.4 is 5.32 Å². The zero-order chi connectivity index (χ0) is 9.80. The van der Waals surface area contributed by atoms with Crippen LogP contribution >= 0.6 is 22.9 Å². The van der Waals surface area contributed by atoms with Crippen molar-refractivity contribution in [3.05, 3.63) is 15.5 Å². The predicted molar refractivity (Wildman–Crippen MR) is 57.8 cm³/mol. The van der Waals surface area contributed by atoms with Crippen molar-refractivity contribution in [2.24, 2.45) is 5.92 Å². The van der Waals surface area contributed by atoms with E-state index in [-0.39, 0.29) is 0 Å². The Morgan fingerprint density at radius 2 is 2.64 bits per heavy atom. The van der Waals surface area contributed by atoms with Gasteiger partial charge in [-0.3, -0.25) is 0 Å². The molecule has 14 heavy (non-hydrogen) atoms. The van der Waals surface area contributed by atoms with E-state index < -0.39 is 0 Å². The SMILES string of the molecule is Clc1ncc(COCC2CCNC2)s1. The summed E-state index contributed by atoms with van der Waals surface area (Å²) in [5.74, 6) is 0.679. The van der Waals surface area contributed by atoms with Gasteiger partial charge in [0.25, 0.3) is 0 Å². The number of thiazole rings is 1. The molecule has 1 atom stereocenters. The largest absolute Gasteiger partial charge is 0.376 e. The quantitative estimate of drug-likeness (QED) is 0.862. The third kappa shape index (κ3) is 2.92. The average Bonchev–Trinajstić information content (AvgIpc) is 2.77. The van der Waals surface area contributed by atoms with Crippen molar-refractivity contribution >= 4 is 22.9 Å². The second kappa shape index (κ2) is 5.07. The van der Waals surface area contributed by atoms with Gasteiger partial charge in [-0.2, -0.15) is 0 Å². The first-order valence-electron chi connectivity index (χ1n) is 4.73. The van der Waals surface area contributed by atoms with Crippen LogP contribution in [0.2, 0.25) is 4.47 Å². The minimum atomic E-state index is 0.589. The van der Waals surface area contributed by atoms with Gasteiger partial charge in [-0.05, 0) is 18.9 Å². The molecule has 2 heterocycles. The Hall–Kier alpha value is -0.160. The van der Waals surface area contributed by atoms with E-state index in [4.69, 9.17) is 16.3 Å².